The van der Waals surface area contributed by atoms with Crippen LogP contribution in [0, 0.1) is 0 Å². The van der Waals surface area contributed by atoms with Crippen molar-refractivity contribution >= 4 is 21.8 Å². The van der Waals surface area contributed by atoms with Gasteiger partial charge in [-0.15, -0.1) is 0 Å². The molecule has 0 heterocycles. The summed E-state index contributed by atoms with van der Waals surface area (Å²) in [6.45, 7) is 5.56. The lowest BCUT2D eigenvalue weighted by atomic mass is 9.98. The molecule has 0 unspecified atom stereocenters. The van der Waals surface area contributed by atoms with Crippen LogP contribution in [0.1, 0.15) is 52.6 Å². The van der Waals surface area contributed by atoms with Crippen LogP contribution in [0.3, 0.4) is 0 Å². The second-order valence-electron chi connectivity index (χ2n) is 6.22. The molecule has 2 aromatic carbocycles. The maximum absolute atomic E-state index is 12.5. The number of esters is 1. The van der Waals surface area contributed by atoms with Crippen LogP contribution in [0.5, 0.6) is 0 Å². The van der Waals surface area contributed by atoms with E-state index in [0.29, 0.717) is 12.0 Å². The summed E-state index contributed by atoms with van der Waals surface area (Å²) in [7, 11) is -3.59. The van der Waals surface area contributed by atoms with E-state index in [0.717, 1.165) is 17.5 Å². The molecule has 0 atom stereocenters. The van der Waals surface area contributed by atoms with Crippen LogP contribution in [-0.4, -0.2) is 33.3 Å². The van der Waals surface area contributed by atoms with Gasteiger partial charge in [0.05, 0.1) is 10.5 Å². The van der Waals surface area contributed by atoms with Crippen LogP contribution in [0.2, 0.25) is 0 Å². The third-order valence-corrected chi connectivity index (χ3v) is 5.89. The molecule has 2 aromatic rings. The first-order valence-electron chi connectivity index (χ1n) is 9.24. The second kappa shape index (κ2) is 9.61. The number of aryl methyl sites for hydroxylation is 2. The molecule has 0 aliphatic heterocycles. The lowest BCUT2D eigenvalue weighted by Crippen LogP contribution is -2.23. The number of rotatable bonds is 9. The first kappa shape index (κ1) is 21.8. The molecule has 1 N–H and O–H groups in total. The summed E-state index contributed by atoms with van der Waals surface area (Å²) >= 11 is 0. The highest BCUT2D eigenvalue weighted by Crippen LogP contribution is 2.16. The van der Waals surface area contributed by atoms with Crippen molar-refractivity contribution in [3.63, 3.8) is 0 Å². The highest BCUT2D eigenvalue weighted by molar-refractivity contribution is 7.89. The van der Waals surface area contributed by atoms with Crippen molar-refractivity contribution in [2.75, 3.05) is 13.2 Å². The lowest BCUT2D eigenvalue weighted by molar-refractivity contribution is 0.0474. The van der Waals surface area contributed by atoms with Gasteiger partial charge in [-0.1, -0.05) is 32.9 Å². The van der Waals surface area contributed by atoms with Crippen LogP contribution in [-0.2, 0) is 27.6 Å². The molecule has 0 aliphatic carbocycles. The van der Waals surface area contributed by atoms with Gasteiger partial charge in [0.2, 0.25) is 15.8 Å². The van der Waals surface area contributed by atoms with Gasteiger partial charge in [0.15, 0.2) is 6.61 Å². The van der Waals surface area contributed by atoms with Gasteiger partial charge in [-0.25, -0.2) is 17.9 Å². The van der Waals surface area contributed by atoms with Crippen molar-refractivity contribution in [3.05, 3.63) is 64.7 Å². The number of sulfonamides is 1. The van der Waals surface area contributed by atoms with E-state index in [2.05, 4.69) is 4.72 Å². The Bertz CT molecular complexity index is 949. The number of nitrogens with one attached hydrogen (secondary N) is 1. The Labute approximate surface area is 166 Å². The van der Waals surface area contributed by atoms with Crippen molar-refractivity contribution in [2.45, 2.75) is 38.5 Å². The van der Waals surface area contributed by atoms with Crippen molar-refractivity contribution in [1.29, 1.82) is 0 Å². The number of ketones is 1. The van der Waals surface area contributed by atoms with E-state index in [9.17, 15) is 18.0 Å². The van der Waals surface area contributed by atoms with Gasteiger partial charge in [0.25, 0.3) is 0 Å². The third kappa shape index (κ3) is 5.27. The molecule has 2 rings (SSSR count). The first-order chi connectivity index (χ1) is 13.3. The number of carbonyl (C=O) groups excluding carboxylic acids is 2. The number of hydrogen-bond acceptors (Lipinski definition) is 5. The van der Waals surface area contributed by atoms with Crippen molar-refractivity contribution in [1.82, 2.24) is 4.72 Å². The topological polar surface area (TPSA) is 89.5 Å². The van der Waals surface area contributed by atoms with Crippen LogP contribution in [0.25, 0.3) is 0 Å². The van der Waals surface area contributed by atoms with E-state index in [4.69, 9.17) is 4.74 Å². The Balaban J connectivity index is 2.07. The smallest absolute Gasteiger partial charge is 0.338 e. The molecule has 6 nitrogen and oxygen atoms in total. The van der Waals surface area contributed by atoms with Gasteiger partial charge in [-0.05, 0) is 54.3 Å². The molecule has 28 heavy (non-hydrogen) atoms. The van der Waals surface area contributed by atoms with Gasteiger partial charge in [-0.2, -0.15) is 0 Å². The molecule has 0 bridgehead atoms. The van der Waals surface area contributed by atoms with Crippen molar-refractivity contribution < 1.29 is 22.7 Å². The first-order valence-corrected chi connectivity index (χ1v) is 10.7. The minimum atomic E-state index is -3.59. The standard InChI is InChI=1S/C21H25NO5S/c1-4-15-7-8-16(5-2)19(13-15)20(23)14-27-21(24)17-9-11-18(12-10-17)28(25,26)22-6-3/h7-13,22H,4-6,14H2,1-3H3. The Morgan fingerprint density at radius 2 is 1.64 bits per heavy atom. The molecule has 0 amide bonds. The van der Waals surface area contributed by atoms with E-state index in [1.54, 1.807) is 6.92 Å². The minimum absolute atomic E-state index is 0.0611. The van der Waals surface area contributed by atoms with Gasteiger partial charge in [0, 0.05) is 12.1 Å². The predicted octanol–water partition coefficient (Wildman–Crippen LogP) is 3.15. The number of carbonyl (C=O) groups is 2. The zero-order valence-corrected chi connectivity index (χ0v) is 17.1. The number of hydrogen-bond donors (Lipinski definition) is 1. The zero-order chi connectivity index (χ0) is 20.7. The Kier molecular flexibility index (Phi) is 7.48. The fraction of sp³-hybridized carbons (Fsp3) is 0.333. The Hall–Kier alpha value is -2.51. The fourth-order valence-corrected chi connectivity index (χ4v) is 3.79. The monoisotopic (exact) mass is 403 g/mol. The van der Waals surface area contributed by atoms with Gasteiger partial charge >= 0.3 is 5.97 Å². The molecule has 0 spiro atoms. The summed E-state index contributed by atoms with van der Waals surface area (Å²) in [4.78, 5) is 24.8. The normalized spacial score (nSPS) is 11.2. The predicted molar refractivity (Wildman–Crippen MR) is 107 cm³/mol. The van der Waals surface area contributed by atoms with Gasteiger partial charge in [-0.3, -0.25) is 4.79 Å². The van der Waals surface area contributed by atoms with Crippen molar-refractivity contribution in [3.8, 4) is 0 Å². The SMILES string of the molecule is CCNS(=O)(=O)c1ccc(C(=O)OCC(=O)c2cc(CC)ccc2CC)cc1. The molecule has 150 valence electrons. The zero-order valence-electron chi connectivity index (χ0n) is 16.3. The summed E-state index contributed by atoms with van der Waals surface area (Å²) in [6.07, 6.45) is 1.52. The molecule has 0 fully saturated rings. The van der Waals surface area contributed by atoms with Crippen LogP contribution >= 0.6 is 0 Å². The molecule has 0 saturated carbocycles. The maximum atomic E-state index is 12.5. The van der Waals surface area contributed by atoms with Crippen molar-refractivity contribution in [2.24, 2.45) is 0 Å². The molecule has 7 heteroatoms. The summed E-state index contributed by atoms with van der Waals surface area (Å²) in [5, 5.41) is 0. The third-order valence-electron chi connectivity index (χ3n) is 4.33. The van der Waals surface area contributed by atoms with Gasteiger partial charge in [0.1, 0.15) is 0 Å². The molecular weight excluding hydrogens is 378 g/mol. The summed E-state index contributed by atoms with van der Waals surface area (Å²) in [6, 6.07) is 11.2. The largest absolute Gasteiger partial charge is 0.454 e. The highest BCUT2D eigenvalue weighted by atomic mass is 32.2. The second-order valence-corrected chi connectivity index (χ2v) is 7.99. The van der Waals surface area contributed by atoms with Gasteiger partial charge < -0.3 is 4.74 Å². The Morgan fingerprint density at radius 1 is 0.964 bits per heavy atom. The van der Waals surface area contributed by atoms with E-state index in [1.807, 2.05) is 32.0 Å². The van der Waals surface area contributed by atoms with E-state index < -0.39 is 16.0 Å². The number of ether oxygens (including phenoxy) is 1. The molecule has 0 aliphatic rings. The molecule has 0 radical (unpaired) electrons. The molecular formula is C21H25NO5S. The fourth-order valence-electron chi connectivity index (χ4n) is 2.75. The average molecular weight is 404 g/mol. The summed E-state index contributed by atoms with van der Waals surface area (Å²) in [5.41, 5.74) is 2.71. The van der Waals surface area contributed by atoms with E-state index >= 15 is 0 Å². The summed E-state index contributed by atoms with van der Waals surface area (Å²) < 4.78 is 31.4. The summed E-state index contributed by atoms with van der Waals surface area (Å²) in [5.74, 6) is -0.933. The number of benzene rings is 2. The van der Waals surface area contributed by atoms with Crippen LogP contribution in [0.15, 0.2) is 47.4 Å². The highest BCUT2D eigenvalue weighted by Gasteiger charge is 2.17. The minimum Gasteiger partial charge on any atom is -0.454 e. The van der Waals surface area contributed by atoms with E-state index in [-0.39, 0.29) is 29.4 Å². The Morgan fingerprint density at radius 3 is 2.21 bits per heavy atom. The number of Topliss-reactive ketones (excluding diaryl/α,β-unsaturated/α-hetero) is 1. The molecule has 0 saturated heterocycles. The molecule has 0 aromatic heterocycles. The maximum Gasteiger partial charge on any atom is 0.338 e. The van der Waals surface area contributed by atoms with Crippen LogP contribution < -0.4 is 4.72 Å². The van der Waals surface area contributed by atoms with Crippen LogP contribution in [0.4, 0.5) is 0 Å². The quantitative estimate of drug-likeness (QED) is 0.513. The van der Waals surface area contributed by atoms with E-state index in [1.165, 1.54) is 24.3 Å². The average Bonchev–Trinajstić information content (AvgIpc) is 2.71. The lowest BCUT2D eigenvalue weighted by Gasteiger charge is -2.10.